The molecule has 2 heterocycles. The summed E-state index contributed by atoms with van der Waals surface area (Å²) in [5.74, 6) is 0.119. The summed E-state index contributed by atoms with van der Waals surface area (Å²) in [6.07, 6.45) is 1.60. The number of carbonyl (C=O) groups excluding carboxylic acids is 2. The second-order valence-electron chi connectivity index (χ2n) is 7.82. The average Bonchev–Trinajstić information content (AvgIpc) is 2.89. The highest BCUT2D eigenvalue weighted by Crippen LogP contribution is 2.30. The van der Waals surface area contributed by atoms with Crippen LogP contribution >= 0.6 is 0 Å². The SMILES string of the molecule is COc1ccc(NC(=O)c2cc3c(COC(C)=O)cnc(C)c3oc2=Nc2ccccc2)c(OC)c1. The van der Waals surface area contributed by atoms with Crippen LogP contribution in [0.4, 0.5) is 11.4 Å². The Morgan fingerprint density at radius 3 is 2.53 bits per heavy atom. The summed E-state index contributed by atoms with van der Waals surface area (Å²) in [5, 5.41) is 3.45. The maximum Gasteiger partial charge on any atom is 0.302 e. The number of hydrogen-bond acceptors (Lipinski definition) is 8. The maximum absolute atomic E-state index is 13.5. The van der Waals surface area contributed by atoms with Gasteiger partial charge in [0.25, 0.3) is 5.91 Å². The first-order chi connectivity index (χ1) is 17.4. The number of anilines is 1. The van der Waals surface area contributed by atoms with Crippen molar-refractivity contribution >= 4 is 34.2 Å². The minimum atomic E-state index is -0.466. The Kier molecular flexibility index (Phi) is 7.29. The van der Waals surface area contributed by atoms with Crippen LogP contribution in [0.15, 0.2) is 70.2 Å². The van der Waals surface area contributed by atoms with E-state index in [1.165, 1.54) is 14.0 Å². The van der Waals surface area contributed by atoms with Gasteiger partial charge in [-0.3, -0.25) is 14.6 Å². The smallest absolute Gasteiger partial charge is 0.302 e. The Morgan fingerprint density at radius 2 is 1.83 bits per heavy atom. The third-order valence-corrected chi connectivity index (χ3v) is 5.37. The lowest BCUT2D eigenvalue weighted by molar-refractivity contribution is -0.142. The lowest BCUT2D eigenvalue weighted by Crippen LogP contribution is -2.22. The fraction of sp³-hybridized carbons (Fsp3) is 0.185. The summed E-state index contributed by atoms with van der Waals surface area (Å²) < 4.78 is 22.0. The van der Waals surface area contributed by atoms with Crippen LogP contribution in [-0.4, -0.2) is 31.1 Å². The van der Waals surface area contributed by atoms with Crippen LogP contribution in [-0.2, 0) is 16.1 Å². The predicted octanol–water partition coefficient (Wildman–Crippen LogP) is 4.70. The second-order valence-corrected chi connectivity index (χ2v) is 7.82. The van der Waals surface area contributed by atoms with E-state index in [9.17, 15) is 9.59 Å². The molecule has 9 nitrogen and oxygen atoms in total. The Bertz CT molecular complexity index is 1500. The number of nitrogens with one attached hydrogen (secondary N) is 1. The van der Waals surface area contributed by atoms with Gasteiger partial charge in [-0.1, -0.05) is 18.2 Å². The normalized spacial score (nSPS) is 11.3. The molecule has 1 N–H and O–H groups in total. The molecule has 2 aromatic carbocycles. The zero-order valence-corrected chi connectivity index (χ0v) is 20.3. The van der Waals surface area contributed by atoms with Crippen molar-refractivity contribution in [1.29, 1.82) is 0 Å². The molecule has 0 saturated heterocycles. The topological polar surface area (TPSA) is 112 Å². The van der Waals surface area contributed by atoms with E-state index in [0.717, 1.165) is 0 Å². The summed E-state index contributed by atoms with van der Waals surface area (Å²) in [7, 11) is 3.05. The van der Waals surface area contributed by atoms with Crippen molar-refractivity contribution in [1.82, 2.24) is 4.98 Å². The van der Waals surface area contributed by atoms with Gasteiger partial charge in [0.05, 0.1) is 31.3 Å². The van der Waals surface area contributed by atoms with Crippen LogP contribution in [0, 0.1) is 6.92 Å². The van der Waals surface area contributed by atoms with Crippen LogP contribution in [0.2, 0.25) is 0 Å². The van der Waals surface area contributed by atoms with Gasteiger partial charge in [-0.2, -0.15) is 0 Å². The van der Waals surface area contributed by atoms with Crippen LogP contribution in [0.1, 0.15) is 28.5 Å². The molecule has 0 unspecified atom stereocenters. The standard InChI is InChI=1S/C27H25N3O6/c1-16-25-21(18(14-28-16)15-35-17(2)31)13-22(27(36-25)29-19-8-6-5-7-9-19)26(32)30-23-11-10-20(33-3)12-24(23)34-4/h5-14H,15H2,1-4H3,(H,30,32). The minimum Gasteiger partial charge on any atom is -0.497 e. The highest BCUT2D eigenvalue weighted by atomic mass is 16.5. The molecule has 9 heteroatoms. The van der Waals surface area contributed by atoms with Crippen LogP contribution < -0.4 is 20.3 Å². The molecule has 1 amide bonds. The number of aromatic nitrogens is 1. The van der Waals surface area contributed by atoms with E-state index in [4.69, 9.17) is 18.6 Å². The van der Waals surface area contributed by atoms with Gasteiger partial charge in [-0.05, 0) is 37.3 Å². The molecule has 0 fully saturated rings. The Hall–Kier alpha value is -4.66. The molecule has 0 aliphatic rings. The van der Waals surface area contributed by atoms with Gasteiger partial charge in [0.1, 0.15) is 23.7 Å². The summed E-state index contributed by atoms with van der Waals surface area (Å²) >= 11 is 0. The minimum absolute atomic E-state index is 0.0167. The number of aryl methyl sites for hydroxylation is 1. The number of amides is 1. The number of methoxy groups -OCH3 is 2. The van der Waals surface area contributed by atoms with Crippen molar-refractivity contribution in [2.24, 2.45) is 4.99 Å². The fourth-order valence-corrected chi connectivity index (χ4v) is 3.54. The molecule has 0 aliphatic heterocycles. The number of pyridine rings is 1. The number of ether oxygens (including phenoxy) is 3. The van der Waals surface area contributed by atoms with Gasteiger partial charge >= 0.3 is 5.97 Å². The summed E-state index contributed by atoms with van der Waals surface area (Å²) in [4.78, 5) is 33.9. The van der Waals surface area contributed by atoms with Crippen molar-refractivity contribution in [3.8, 4) is 11.5 Å². The first kappa shape index (κ1) is 24.5. The highest BCUT2D eigenvalue weighted by Gasteiger charge is 2.18. The molecule has 4 aromatic rings. The van der Waals surface area contributed by atoms with Crippen molar-refractivity contribution in [2.75, 3.05) is 19.5 Å². The number of benzene rings is 2. The Morgan fingerprint density at radius 1 is 1.06 bits per heavy atom. The molecule has 36 heavy (non-hydrogen) atoms. The van der Waals surface area contributed by atoms with Gasteiger partial charge in [0, 0.05) is 30.1 Å². The lowest BCUT2D eigenvalue weighted by Gasteiger charge is -2.13. The molecular formula is C27H25N3O6. The fourth-order valence-electron chi connectivity index (χ4n) is 3.54. The number of hydrogen-bond donors (Lipinski definition) is 1. The van der Waals surface area contributed by atoms with E-state index in [0.29, 0.717) is 45.1 Å². The maximum atomic E-state index is 13.5. The molecule has 184 valence electrons. The van der Waals surface area contributed by atoms with Gasteiger partial charge in [0.15, 0.2) is 5.58 Å². The number of esters is 1. The van der Waals surface area contributed by atoms with Gasteiger partial charge < -0.3 is 23.9 Å². The predicted molar refractivity (Wildman–Crippen MR) is 133 cm³/mol. The van der Waals surface area contributed by atoms with Crippen LogP contribution in [0.25, 0.3) is 11.0 Å². The number of fused-ring (bicyclic) bond motifs is 1. The third kappa shape index (κ3) is 5.35. The average molecular weight is 488 g/mol. The first-order valence-electron chi connectivity index (χ1n) is 11.1. The number of para-hydroxylation sites is 1. The van der Waals surface area contributed by atoms with Crippen LogP contribution in [0.3, 0.4) is 0 Å². The first-order valence-corrected chi connectivity index (χ1v) is 11.1. The lowest BCUT2D eigenvalue weighted by atomic mass is 10.1. The van der Waals surface area contributed by atoms with E-state index in [-0.39, 0.29) is 17.7 Å². The molecule has 0 aliphatic carbocycles. The Balaban J connectivity index is 1.88. The monoisotopic (exact) mass is 487 g/mol. The molecule has 4 rings (SSSR count). The van der Waals surface area contributed by atoms with E-state index >= 15 is 0 Å². The quantitative estimate of drug-likeness (QED) is 0.376. The Labute approximate surface area is 207 Å². The molecule has 0 bridgehead atoms. The second kappa shape index (κ2) is 10.7. The van der Waals surface area contributed by atoms with Gasteiger partial charge in [0.2, 0.25) is 5.55 Å². The number of rotatable bonds is 7. The molecule has 0 atom stereocenters. The van der Waals surface area contributed by atoms with E-state index in [1.54, 1.807) is 56.6 Å². The molecule has 0 radical (unpaired) electrons. The zero-order chi connectivity index (χ0) is 25.7. The van der Waals surface area contributed by atoms with E-state index in [1.807, 2.05) is 18.2 Å². The molecule has 0 saturated carbocycles. The summed E-state index contributed by atoms with van der Waals surface area (Å²) in [5.41, 5.74) is 2.97. The van der Waals surface area contributed by atoms with E-state index in [2.05, 4.69) is 15.3 Å². The van der Waals surface area contributed by atoms with Crippen molar-refractivity contribution in [2.45, 2.75) is 20.5 Å². The molecular weight excluding hydrogens is 462 g/mol. The third-order valence-electron chi connectivity index (χ3n) is 5.37. The molecule has 2 aromatic heterocycles. The van der Waals surface area contributed by atoms with Gasteiger partial charge in [-0.25, -0.2) is 4.99 Å². The number of nitrogens with zero attached hydrogens (tertiary/aromatic N) is 2. The van der Waals surface area contributed by atoms with Crippen molar-refractivity contribution in [3.63, 3.8) is 0 Å². The summed E-state index contributed by atoms with van der Waals surface area (Å²) in [6.45, 7) is 3.10. The van der Waals surface area contributed by atoms with Crippen molar-refractivity contribution < 1.29 is 28.2 Å². The zero-order valence-electron chi connectivity index (χ0n) is 20.3. The number of carbonyl (C=O) groups is 2. The highest BCUT2D eigenvalue weighted by molar-refractivity contribution is 6.06. The van der Waals surface area contributed by atoms with Crippen LogP contribution in [0.5, 0.6) is 11.5 Å². The molecule has 0 spiro atoms. The van der Waals surface area contributed by atoms with Gasteiger partial charge in [-0.15, -0.1) is 0 Å². The largest absolute Gasteiger partial charge is 0.497 e. The summed E-state index contributed by atoms with van der Waals surface area (Å²) in [6, 6.07) is 15.9. The van der Waals surface area contributed by atoms with E-state index < -0.39 is 11.9 Å². The van der Waals surface area contributed by atoms with Crippen molar-refractivity contribution in [3.05, 3.63) is 83.2 Å².